The van der Waals surface area contributed by atoms with Gasteiger partial charge in [0.15, 0.2) is 0 Å². The molecule has 2 heterocycles. The quantitative estimate of drug-likeness (QED) is 0.725. The predicted octanol–water partition coefficient (Wildman–Crippen LogP) is 2.19. The van der Waals surface area contributed by atoms with Crippen LogP contribution in [0.4, 0.5) is 0 Å². The van der Waals surface area contributed by atoms with Crippen LogP contribution in [0.25, 0.3) is 11.0 Å². The van der Waals surface area contributed by atoms with Crippen molar-refractivity contribution in [1.29, 1.82) is 0 Å². The number of carbonyl (C=O) groups excluding carboxylic acids is 1. The smallest absolute Gasteiger partial charge is 0.226 e. The summed E-state index contributed by atoms with van der Waals surface area (Å²) in [6.45, 7) is 1.78. The van der Waals surface area contributed by atoms with Crippen molar-refractivity contribution in [3.8, 4) is 5.75 Å². The van der Waals surface area contributed by atoms with Crippen LogP contribution >= 0.6 is 0 Å². The first-order valence-electron chi connectivity index (χ1n) is 8.58. The molecule has 2 aromatic carbocycles. The van der Waals surface area contributed by atoms with Gasteiger partial charge in [-0.2, -0.15) is 0 Å². The number of nitrogens with one attached hydrogen (secondary N) is 1. The fourth-order valence-electron chi connectivity index (χ4n) is 3.16. The molecule has 1 N–H and O–H groups in total. The Morgan fingerprint density at radius 3 is 3.00 bits per heavy atom. The molecule has 0 radical (unpaired) electrons. The van der Waals surface area contributed by atoms with E-state index in [2.05, 4.69) is 15.6 Å². The molecule has 6 heteroatoms. The predicted molar refractivity (Wildman–Crippen MR) is 94.3 cm³/mol. The zero-order valence-corrected chi connectivity index (χ0v) is 13.9. The van der Waals surface area contributed by atoms with E-state index >= 15 is 0 Å². The lowest BCUT2D eigenvalue weighted by atomic mass is 9.96. The van der Waals surface area contributed by atoms with Crippen molar-refractivity contribution in [2.75, 3.05) is 13.2 Å². The third-order valence-corrected chi connectivity index (χ3v) is 4.52. The molecule has 0 bridgehead atoms. The van der Waals surface area contributed by atoms with Crippen molar-refractivity contribution in [3.63, 3.8) is 0 Å². The van der Waals surface area contributed by atoms with Crippen molar-refractivity contribution < 1.29 is 9.53 Å². The van der Waals surface area contributed by atoms with E-state index in [9.17, 15) is 4.79 Å². The number of rotatable bonds is 5. The van der Waals surface area contributed by atoms with Gasteiger partial charge in [-0.3, -0.25) is 4.79 Å². The number of ether oxygens (including phenoxy) is 1. The van der Waals surface area contributed by atoms with E-state index in [0.29, 0.717) is 13.2 Å². The zero-order valence-electron chi connectivity index (χ0n) is 13.9. The van der Waals surface area contributed by atoms with Gasteiger partial charge in [-0.15, -0.1) is 5.10 Å². The number of benzene rings is 2. The van der Waals surface area contributed by atoms with E-state index in [1.807, 2.05) is 53.2 Å². The van der Waals surface area contributed by atoms with Crippen LogP contribution in [-0.2, 0) is 17.8 Å². The molecule has 1 aliphatic heterocycles. The third-order valence-electron chi connectivity index (χ3n) is 4.52. The topological polar surface area (TPSA) is 69.0 Å². The van der Waals surface area contributed by atoms with Crippen LogP contribution in [0.2, 0.25) is 0 Å². The van der Waals surface area contributed by atoms with Crippen LogP contribution in [0.15, 0.2) is 48.5 Å². The van der Waals surface area contributed by atoms with Crippen LogP contribution in [0.1, 0.15) is 12.0 Å². The van der Waals surface area contributed by atoms with Crippen LogP contribution in [-0.4, -0.2) is 34.1 Å². The number of carbonyl (C=O) groups is 1. The fraction of sp³-hybridized carbons (Fsp3) is 0.316. The number of amides is 1. The average Bonchev–Trinajstić information content (AvgIpc) is 3.08. The molecular weight excluding hydrogens is 316 g/mol. The lowest BCUT2D eigenvalue weighted by Crippen LogP contribution is -2.38. The lowest BCUT2D eigenvalue weighted by molar-refractivity contribution is -0.126. The summed E-state index contributed by atoms with van der Waals surface area (Å²) in [7, 11) is 0. The molecule has 3 aromatic rings. The summed E-state index contributed by atoms with van der Waals surface area (Å²) >= 11 is 0. The van der Waals surface area contributed by atoms with Gasteiger partial charge in [0.25, 0.3) is 0 Å². The molecule has 0 spiro atoms. The SMILES string of the molecule is O=C(NCCCn1nnc2ccccc21)[C@H]1COc2ccccc2C1. The summed E-state index contributed by atoms with van der Waals surface area (Å²) < 4.78 is 7.56. The highest BCUT2D eigenvalue weighted by molar-refractivity contribution is 5.79. The van der Waals surface area contributed by atoms with Crippen molar-refractivity contribution in [1.82, 2.24) is 20.3 Å². The highest BCUT2D eigenvalue weighted by atomic mass is 16.5. The van der Waals surface area contributed by atoms with E-state index in [-0.39, 0.29) is 11.8 Å². The number of para-hydroxylation sites is 2. The average molecular weight is 336 g/mol. The number of nitrogens with zero attached hydrogens (tertiary/aromatic N) is 3. The molecular formula is C19H20N4O2. The third kappa shape index (κ3) is 3.33. The summed E-state index contributed by atoms with van der Waals surface area (Å²) in [5.41, 5.74) is 3.01. The Bertz CT molecular complexity index is 890. The summed E-state index contributed by atoms with van der Waals surface area (Å²) in [6, 6.07) is 15.8. The minimum absolute atomic E-state index is 0.0537. The van der Waals surface area contributed by atoms with Crippen molar-refractivity contribution in [3.05, 3.63) is 54.1 Å². The second-order valence-electron chi connectivity index (χ2n) is 6.27. The number of hydrogen-bond donors (Lipinski definition) is 1. The molecule has 1 aromatic heterocycles. The standard InChI is InChI=1S/C19H20N4O2/c24-19(15-12-14-6-1-4-9-18(14)25-13-15)20-10-5-11-23-17-8-3-2-7-16(17)21-22-23/h1-4,6-9,15H,5,10-13H2,(H,20,24)/t15-/m1/s1. The van der Waals surface area contributed by atoms with Crippen LogP contribution in [0, 0.1) is 5.92 Å². The number of aromatic nitrogens is 3. The van der Waals surface area contributed by atoms with Gasteiger partial charge in [-0.05, 0) is 36.6 Å². The first-order valence-corrected chi connectivity index (χ1v) is 8.58. The molecule has 25 heavy (non-hydrogen) atoms. The maximum absolute atomic E-state index is 12.4. The van der Waals surface area contributed by atoms with Crippen LogP contribution in [0.3, 0.4) is 0 Å². The minimum atomic E-state index is -0.123. The molecule has 0 saturated heterocycles. The van der Waals surface area contributed by atoms with E-state index in [1.165, 1.54) is 0 Å². The molecule has 0 unspecified atom stereocenters. The Morgan fingerprint density at radius 2 is 2.04 bits per heavy atom. The van der Waals surface area contributed by atoms with Gasteiger partial charge in [0.2, 0.25) is 5.91 Å². The normalized spacial score (nSPS) is 16.2. The summed E-state index contributed by atoms with van der Waals surface area (Å²) in [6.07, 6.45) is 1.54. The second-order valence-corrected chi connectivity index (χ2v) is 6.27. The number of fused-ring (bicyclic) bond motifs is 2. The highest BCUT2D eigenvalue weighted by Gasteiger charge is 2.25. The van der Waals surface area contributed by atoms with E-state index in [1.54, 1.807) is 0 Å². The van der Waals surface area contributed by atoms with E-state index < -0.39 is 0 Å². The molecule has 1 amide bonds. The molecule has 1 aliphatic rings. The van der Waals surface area contributed by atoms with Gasteiger partial charge in [-0.25, -0.2) is 4.68 Å². The first kappa shape index (κ1) is 15.6. The Balaban J connectivity index is 1.27. The van der Waals surface area contributed by atoms with Crippen LogP contribution in [0.5, 0.6) is 5.75 Å². The summed E-state index contributed by atoms with van der Waals surface area (Å²) in [5.74, 6) is 0.824. The minimum Gasteiger partial charge on any atom is -0.492 e. The van der Waals surface area contributed by atoms with Crippen molar-refractivity contribution >= 4 is 16.9 Å². The second kappa shape index (κ2) is 6.93. The van der Waals surface area contributed by atoms with Crippen LogP contribution < -0.4 is 10.1 Å². The molecule has 4 rings (SSSR count). The van der Waals surface area contributed by atoms with Crippen molar-refractivity contribution in [2.45, 2.75) is 19.4 Å². The Kier molecular flexibility index (Phi) is 4.33. The van der Waals surface area contributed by atoms with Gasteiger partial charge >= 0.3 is 0 Å². The monoisotopic (exact) mass is 336 g/mol. The molecule has 6 nitrogen and oxygen atoms in total. The van der Waals surface area contributed by atoms with Gasteiger partial charge in [0.05, 0.1) is 11.4 Å². The maximum atomic E-state index is 12.4. The lowest BCUT2D eigenvalue weighted by Gasteiger charge is -2.24. The highest BCUT2D eigenvalue weighted by Crippen LogP contribution is 2.26. The van der Waals surface area contributed by atoms with Gasteiger partial charge in [0, 0.05) is 13.1 Å². The van der Waals surface area contributed by atoms with Gasteiger partial charge in [0.1, 0.15) is 17.9 Å². The molecule has 128 valence electrons. The molecule has 0 fully saturated rings. The first-order chi connectivity index (χ1) is 12.3. The Labute approximate surface area is 145 Å². The van der Waals surface area contributed by atoms with E-state index in [0.717, 1.165) is 41.7 Å². The molecule has 1 atom stereocenters. The van der Waals surface area contributed by atoms with E-state index in [4.69, 9.17) is 4.74 Å². The number of aryl methyl sites for hydroxylation is 1. The van der Waals surface area contributed by atoms with Gasteiger partial charge < -0.3 is 10.1 Å². The number of hydrogen-bond acceptors (Lipinski definition) is 4. The Morgan fingerprint density at radius 1 is 1.20 bits per heavy atom. The molecule has 0 aliphatic carbocycles. The van der Waals surface area contributed by atoms with Crippen molar-refractivity contribution in [2.24, 2.45) is 5.92 Å². The van der Waals surface area contributed by atoms with Gasteiger partial charge in [-0.1, -0.05) is 35.5 Å². The molecule has 0 saturated carbocycles. The summed E-state index contributed by atoms with van der Waals surface area (Å²) in [4.78, 5) is 12.4. The Hall–Kier alpha value is -2.89. The maximum Gasteiger partial charge on any atom is 0.226 e. The fourth-order valence-corrected chi connectivity index (χ4v) is 3.16. The largest absolute Gasteiger partial charge is 0.492 e. The summed E-state index contributed by atoms with van der Waals surface area (Å²) in [5, 5.41) is 11.3. The zero-order chi connectivity index (χ0) is 17.1.